The number of carbonyl (C=O) groups excluding carboxylic acids is 1. The molecule has 0 aromatic heterocycles. The van der Waals surface area contributed by atoms with Gasteiger partial charge < -0.3 is 15.3 Å². The van der Waals surface area contributed by atoms with Gasteiger partial charge in [0.05, 0.1) is 6.42 Å². The molecule has 5 nitrogen and oxygen atoms in total. The molecule has 1 aliphatic heterocycles. The Bertz CT molecular complexity index is 1680. The summed E-state index contributed by atoms with van der Waals surface area (Å²) in [6.45, 7) is 0.796. The van der Waals surface area contributed by atoms with E-state index in [-0.39, 0.29) is 12.3 Å². The smallest absolute Gasteiger partial charge is 0.305 e. The molecule has 2 N–H and O–H groups in total. The number of anilines is 1. The lowest BCUT2D eigenvalue weighted by molar-refractivity contribution is -0.139. The van der Waals surface area contributed by atoms with E-state index in [0.717, 1.165) is 36.5 Å². The number of carboxylic acids is 1. The third-order valence-corrected chi connectivity index (χ3v) is 7.72. The van der Waals surface area contributed by atoms with Gasteiger partial charge >= 0.3 is 5.97 Å². The van der Waals surface area contributed by atoms with Crippen molar-refractivity contribution in [1.29, 1.82) is 0 Å². The minimum atomic E-state index is -0.996. The second-order valence-corrected chi connectivity index (χ2v) is 10.4. The van der Waals surface area contributed by atoms with Crippen LogP contribution in [0, 0.1) is 3.57 Å². The van der Waals surface area contributed by atoms with Crippen LogP contribution in [0.3, 0.4) is 0 Å². The quantitative estimate of drug-likeness (QED) is 0.194. The number of nitrogens with zero attached hydrogens (tertiary/aromatic N) is 1. The van der Waals surface area contributed by atoms with Crippen LogP contribution in [0.25, 0.3) is 32.3 Å². The van der Waals surface area contributed by atoms with Gasteiger partial charge in [-0.05, 0) is 84.2 Å². The molecule has 0 saturated carbocycles. The van der Waals surface area contributed by atoms with Crippen LogP contribution in [-0.4, -0.2) is 23.0 Å². The van der Waals surface area contributed by atoms with Gasteiger partial charge in [-0.25, -0.2) is 0 Å². The number of aliphatic carboxylic acids is 1. The molecule has 36 heavy (non-hydrogen) atoms. The van der Waals surface area contributed by atoms with Gasteiger partial charge in [-0.2, -0.15) is 0 Å². The zero-order valence-corrected chi connectivity index (χ0v) is 21.5. The van der Waals surface area contributed by atoms with Crippen molar-refractivity contribution >= 4 is 72.5 Å². The normalized spacial score (nSPS) is 15.6. The van der Waals surface area contributed by atoms with Crippen LogP contribution in [-0.2, 0) is 22.7 Å². The van der Waals surface area contributed by atoms with Crippen LogP contribution in [0.5, 0.6) is 0 Å². The zero-order chi connectivity index (χ0) is 24.8. The summed E-state index contributed by atoms with van der Waals surface area (Å²) in [6.07, 6.45) is -0.270. The topological polar surface area (TPSA) is 69.6 Å². The lowest BCUT2D eigenvalue weighted by atomic mass is 9.94. The van der Waals surface area contributed by atoms with Crippen molar-refractivity contribution in [2.45, 2.75) is 25.6 Å². The lowest BCUT2D eigenvalue weighted by Crippen LogP contribution is -2.45. The predicted molar refractivity (Wildman–Crippen MR) is 152 cm³/mol. The Morgan fingerprint density at radius 2 is 1.69 bits per heavy atom. The average molecular weight is 586 g/mol. The van der Waals surface area contributed by atoms with Crippen molar-refractivity contribution in [1.82, 2.24) is 5.32 Å². The highest BCUT2D eigenvalue weighted by atomic mass is 127. The largest absolute Gasteiger partial charge is 0.481 e. The van der Waals surface area contributed by atoms with Crippen LogP contribution in [0.15, 0.2) is 84.9 Å². The summed E-state index contributed by atoms with van der Waals surface area (Å²) in [5, 5.41) is 19.6. The van der Waals surface area contributed by atoms with Crippen molar-refractivity contribution in [3.63, 3.8) is 0 Å². The standard InChI is InChI=1S/C30H23IN2O3/c31-22-10-13-26-21(14-22)16-32-30(36)27(15-28(34)35)33(26)17-20-6-3-5-19-9-11-24-23-7-2-1-4-18(23)8-12-25(24)29(19)20/h1-14,27H,15-17H2,(H,32,36)(H,34,35). The Morgan fingerprint density at radius 3 is 2.56 bits per heavy atom. The molecule has 1 unspecified atom stereocenters. The number of fused-ring (bicyclic) bond motifs is 6. The van der Waals surface area contributed by atoms with E-state index in [1.54, 1.807) is 0 Å². The molecular formula is C30H23IN2O3. The number of hydrogen-bond acceptors (Lipinski definition) is 3. The van der Waals surface area contributed by atoms with Crippen LogP contribution in [0.2, 0.25) is 0 Å². The van der Waals surface area contributed by atoms with Gasteiger partial charge in [0.1, 0.15) is 6.04 Å². The lowest BCUT2D eigenvalue weighted by Gasteiger charge is -2.31. The summed E-state index contributed by atoms with van der Waals surface area (Å²) >= 11 is 2.26. The van der Waals surface area contributed by atoms with Crippen molar-refractivity contribution in [3.8, 4) is 0 Å². The molecule has 1 aliphatic rings. The molecule has 0 saturated heterocycles. The molecule has 6 rings (SSSR count). The highest BCUT2D eigenvalue weighted by Crippen LogP contribution is 2.36. The summed E-state index contributed by atoms with van der Waals surface area (Å²) in [5.41, 5.74) is 2.94. The minimum Gasteiger partial charge on any atom is -0.481 e. The molecule has 0 spiro atoms. The first-order valence-corrected chi connectivity index (χ1v) is 12.9. The molecule has 1 amide bonds. The first-order chi connectivity index (χ1) is 17.5. The molecule has 0 bridgehead atoms. The third-order valence-electron chi connectivity index (χ3n) is 7.04. The maximum atomic E-state index is 13.1. The molecule has 5 aromatic rings. The SMILES string of the molecule is O=C(O)CC1C(=O)NCc2cc(I)ccc2N1Cc1cccc2ccc3c4ccccc4ccc3c12. The van der Waals surface area contributed by atoms with Gasteiger partial charge in [-0.1, -0.05) is 66.7 Å². The van der Waals surface area contributed by atoms with E-state index < -0.39 is 12.0 Å². The van der Waals surface area contributed by atoms with Crippen LogP contribution in [0.4, 0.5) is 5.69 Å². The number of nitrogens with one attached hydrogen (secondary N) is 1. The molecule has 178 valence electrons. The highest BCUT2D eigenvalue weighted by Gasteiger charge is 2.33. The Balaban J connectivity index is 1.57. The monoisotopic (exact) mass is 586 g/mol. The second kappa shape index (κ2) is 9.09. The van der Waals surface area contributed by atoms with Crippen LogP contribution < -0.4 is 10.2 Å². The Hall–Kier alpha value is -3.65. The van der Waals surface area contributed by atoms with Gasteiger partial charge in [0.2, 0.25) is 5.91 Å². The summed E-state index contributed by atoms with van der Waals surface area (Å²) in [6, 6.07) is 28.5. The number of benzene rings is 5. The average Bonchev–Trinajstić information content (AvgIpc) is 3.00. The number of rotatable bonds is 4. The highest BCUT2D eigenvalue weighted by molar-refractivity contribution is 14.1. The van der Waals surface area contributed by atoms with Crippen molar-refractivity contribution in [2.24, 2.45) is 0 Å². The molecular weight excluding hydrogens is 563 g/mol. The minimum absolute atomic E-state index is 0.264. The second-order valence-electron chi connectivity index (χ2n) is 9.20. The number of hydrogen-bond donors (Lipinski definition) is 2. The fourth-order valence-corrected chi connectivity index (χ4v) is 5.97. The molecule has 0 fully saturated rings. The van der Waals surface area contributed by atoms with Gasteiger partial charge in [0.25, 0.3) is 0 Å². The fourth-order valence-electron chi connectivity index (χ4n) is 5.42. The van der Waals surface area contributed by atoms with Gasteiger partial charge in [0, 0.05) is 22.3 Å². The molecule has 0 radical (unpaired) electrons. The van der Waals surface area contributed by atoms with E-state index in [1.165, 1.54) is 16.2 Å². The Kier molecular flexibility index (Phi) is 5.76. The number of carbonyl (C=O) groups is 2. The van der Waals surface area contributed by atoms with Crippen molar-refractivity contribution in [2.75, 3.05) is 4.90 Å². The number of amides is 1. The third kappa shape index (κ3) is 3.95. The fraction of sp³-hybridized carbons (Fsp3) is 0.133. The van der Waals surface area contributed by atoms with Crippen LogP contribution >= 0.6 is 22.6 Å². The van der Waals surface area contributed by atoms with E-state index in [4.69, 9.17) is 0 Å². The molecule has 5 aromatic carbocycles. The molecule has 1 heterocycles. The molecule has 1 atom stereocenters. The Morgan fingerprint density at radius 1 is 0.917 bits per heavy atom. The van der Waals surface area contributed by atoms with E-state index in [9.17, 15) is 14.7 Å². The first kappa shape index (κ1) is 22.8. The number of carboxylic acid groups (broad SMARTS) is 1. The summed E-state index contributed by atoms with van der Waals surface area (Å²) in [4.78, 5) is 26.9. The number of halogens is 1. The van der Waals surface area contributed by atoms with Crippen molar-refractivity contribution in [3.05, 3.63) is 99.6 Å². The first-order valence-electron chi connectivity index (χ1n) is 11.9. The van der Waals surface area contributed by atoms with E-state index in [0.29, 0.717) is 13.1 Å². The predicted octanol–water partition coefficient (Wildman–Crippen LogP) is 6.23. The summed E-state index contributed by atoms with van der Waals surface area (Å²) < 4.78 is 1.07. The van der Waals surface area contributed by atoms with Gasteiger partial charge in [-0.3, -0.25) is 9.59 Å². The van der Waals surface area contributed by atoms with Gasteiger partial charge in [0.15, 0.2) is 0 Å². The van der Waals surface area contributed by atoms with E-state index in [2.05, 4.69) is 88.6 Å². The molecule has 0 aliphatic carbocycles. The summed E-state index contributed by atoms with van der Waals surface area (Å²) in [7, 11) is 0. The maximum absolute atomic E-state index is 13.1. The zero-order valence-electron chi connectivity index (χ0n) is 19.4. The van der Waals surface area contributed by atoms with Crippen LogP contribution in [0.1, 0.15) is 17.5 Å². The van der Waals surface area contributed by atoms with Crippen molar-refractivity contribution < 1.29 is 14.7 Å². The summed E-state index contributed by atoms with van der Waals surface area (Å²) in [5.74, 6) is -1.26. The van der Waals surface area contributed by atoms with E-state index >= 15 is 0 Å². The van der Waals surface area contributed by atoms with E-state index in [1.807, 2.05) is 29.2 Å². The maximum Gasteiger partial charge on any atom is 0.305 e. The van der Waals surface area contributed by atoms with Gasteiger partial charge in [-0.15, -0.1) is 0 Å². The Labute approximate surface area is 221 Å². The molecule has 6 heteroatoms.